The van der Waals surface area contributed by atoms with Crippen LogP contribution in [0.25, 0.3) is 6.08 Å². The van der Waals surface area contributed by atoms with Gasteiger partial charge in [-0.3, -0.25) is 0 Å². The number of hydrogen-bond donors (Lipinski definition) is 0. The minimum atomic E-state index is -0.471. The molecule has 180 valence electrons. The fourth-order valence-electron chi connectivity index (χ4n) is 4.49. The Bertz CT molecular complexity index is 1230. The molecule has 0 fully saturated rings. The molecule has 0 aromatic heterocycles. The van der Waals surface area contributed by atoms with E-state index in [1.165, 1.54) is 17.2 Å². The van der Waals surface area contributed by atoms with Gasteiger partial charge in [-0.25, -0.2) is 9.59 Å². The van der Waals surface area contributed by atoms with E-state index in [9.17, 15) is 9.59 Å². The zero-order valence-electron chi connectivity index (χ0n) is 20.8. The van der Waals surface area contributed by atoms with Crippen molar-refractivity contribution < 1.29 is 19.1 Å². The SMILES string of the molecule is CC1(C)CCC(C)(C)c2cc(/C=C/C(=O)Oc3ccc(C(=O)OCc4ccccc4)cc3)ccc21. The van der Waals surface area contributed by atoms with Crippen LogP contribution in [-0.2, 0) is 27.0 Å². The maximum Gasteiger partial charge on any atom is 0.338 e. The average Bonchev–Trinajstić information content (AvgIpc) is 2.85. The number of benzene rings is 3. The second-order valence-electron chi connectivity index (χ2n) is 10.4. The highest BCUT2D eigenvalue weighted by atomic mass is 16.5. The van der Waals surface area contributed by atoms with Gasteiger partial charge in [0.25, 0.3) is 0 Å². The van der Waals surface area contributed by atoms with Gasteiger partial charge in [-0.05, 0) is 76.3 Å². The van der Waals surface area contributed by atoms with Crippen LogP contribution >= 0.6 is 0 Å². The van der Waals surface area contributed by atoms with Crippen molar-refractivity contribution in [2.75, 3.05) is 0 Å². The molecule has 0 radical (unpaired) electrons. The van der Waals surface area contributed by atoms with Crippen LogP contribution < -0.4 is 4.74 Å². The molecule has 0 aliphatic heterocycles. The first-order valence-corrected chi connectivity index (χ1v) is 12.0. The van der Waals surface area contributed by atoms with Crippen molar-refractivity contribution in [3.05, 3.63) is 107 Å². The number of carbonyl (C=O) groups is 2. The van der Waals surface area contributed by atoms with E-state index >= 15 is 0 Å². The van der Waals surface area contributed by atoms with E-state index in [-0.39, 0.29) is 17.4 Å². The lowest BCUT2D eigenvalue weighted by molar-refractivity contribution is -0.128. The summed E-state index contributed by atoms with van der Waals surface area (Å²) < 4.78 is 10.7. The van der Waals surface area contributed by atoms with Gasteiger partial charge in [0.2, 0.25) is 0 Å². The Morgan fingerprint density at radius 3 is 2.17 bits per heavy atom. The molecule has 3 aromatic carbocycles. The minimum Gasteiger partial charge on any atom is -0.457 e. The molecule has 0 unspecified atom stereocenters. The summed E-state index contributed by atoms with van der Waals surface area (Å²) >= 11 is 0. The monoisotopic (exact) mass is 468 g/mol. The van der Waals surface area contributed by atoms with E-state index in [0.717, 1.165) is 24.0 Å². The van der Waals surface area contributed by atoms with E-state index in [1.807, 2.05) is 30.3 Å². The number of carbonyl (C=O) groups excluding carboxylic acids is 2. The predicted octanol–water partition coefficient (Wildman–Crippen LogP) is 7.01. The first-order valence-electron chi connectivity index (χ1n) is 12.0. The molecule has 4 nitrogen and oxygen atoms in total. The first kappa shape index (κ1) is 24.5. The molecule has 0 saturated heterocycles. The van der Waals surface area contributed by atoms with Crippen LogP contribution in [-0.4, -0.2) is 11.9 Å². The summed E-state index contributed by atoms with van der Waals surface area (Å²) in [5.41, 5.74) is 5.30. The van der Waals surface area contributed by atoms with Crippen LogP contribution in [0.15, 0.2) is 78.9 Å². The van der Waals surface area contributed by atoms with Crippen LogP contribution in [0.3, 0.4) is 0 Å². The molecule has 1 aliphatic carbocycles. The lowest BCUT2D eigenvalue weighted by atomic mass is 9.63. The summed E-state index contributed by atoms with van der Waals surface area (Å²) in [6.07, 6.45) is 5.52. The lowest BCUT2D eigenvalue weighted by Crippen LogP contribution is -2.33. The highest BCUT2D eigenvalue weighted by Crippen LogP contribution is 2.45. The largest absolute Gasteiger partial charge is 0.457 e. The van der Waals surface area contributed by atoms with E-state index in [1.54, 1.807) is 30.3 Å². The van der Waals surface area contributed by atoms with Gasteiger partial charge >= 0.3 is 11.9 Å². The fourth-order valence-corrected chi connectivity index (χ4v) is 4.49. The van der Waals surface area contributed by atoms with Crippen LogP contribution in [0.2, 0.25) is 0 Å². The summed E-state index contributed by atoms with van der Waals surface area (Å²) in [5.74, 6) is -0.528. The molecule has 0 heterocycles. The third-order valence-corrected chi connectivity index (χ3v) is 6.81. The zero-order valence-corrected chi connectivity index (χ0v) is 20.8. The normalized spacial score (nSPS) is 15.9. The molecular formula is C31H32O4. The molecule has 4 rings (SSSR count). The average molecular weight is 469 g/mol. The highest BCUT2D eigenvalue weighted by Gasteiger charge is 2.36. The van der Waals surface area contributed by atoms with Gasteiger partial charge in [0.15, 0.2) is 0 Å². The Hall–Kier alpha value is -3.66. The van der Waals surface area contributed by atoms with Crippen LogP contribution in [0.5, 0.6) is 5.75 Å². The van der Waals surface area contributed by atoms with E-state index in [0.29, 0.717) is 11.3 Å². The van der Waals surface area contributed by atoms with Crippen molar-refractivity contribution in [3.63, 3.8) is 0 Å². The Morgan fingerprint density at radius 2 is 1.49 bits per heavy atom. The van der Waals surface area contributed by atoms with Crippen molar-refractivity contribution in [1.29, 1.82) is 0 Å². The summed E-state index contributed by atoms with van der Waals surface area (Å²) in [6, 6.07) is 22.3. The summed E-state index contributed by atoms with van der Waals surface area (Å²) in [7, 11) is 0. The second kappa shape index (κ2) is 9.91. The van der Waals surface area contributed by atoms with Gasteiger partial charge in [0, 0.05) is 6.08 Å². The zero-order chi connectivity index (χ0) is 25.1. The lowest BCUT2D eigenvalue weighted by Gasteiger charge is -2.42. The number of fused-ring (bicyclic) bond motifs is 1. The van der Waals surface area contributed by atoms with Crippen molar-refractivity contribution in [2.24, 2.45) is 0 Å². The maximum atomic E-state index is 12.4. The van der Waals surface area contributed by atoms with Crippen molar-refractivity contribution in [2.45, 2.75) is 58.0 Å². The third kappa shape index (κ3) is 5.89. The Labute approximate surface area is 207 Å². The number of esters is 2. The van der Waals surface area contributed by atoms with Gasteiger partial charge in [-0.2, -0.15) is 0 Å². The number of rotatable bonds is 6. The smallest absolute Gasteiger partial charge is 0.338 e. The Kier molecular flexibility index (Phi) is 6.93. The highest BCUT2D eigenvalue weighted by molar-refractivity contribution is 5.90. The maximum absolute atomic E-state index is 12.4. The molecule has 4 heteroatoms. The number of ether oxygens (including phenoxy) is 2. The first-order chi connectivity index (χ1) is 16.6. The molecule has 0 atom stereocenters. The van der Waals surface area contributed by atoms with E-state index in [4.69, 9.17) is 9.47 Å². The topological polar surface area (TPSA) is 52.6 Å². The predicted molar refractivity (Wildman–Crippen MR) is 138 cm³/mol. The van der Waals surface area contributed by atoms with Crippen molar-refractivity contribution in [3.8, 4) is 5.75 Å². The number of hydrogen-bond acceptors (Lipinski definition) is 4. The van der Waals surface area contributed by atoms with E-state index < -0.39 is 11.9 Å². The van der Waals surface area contributed by atoms with Crippen LogP contribution in [0.4, 0.5) is 0 Å². The Balaban J connectivity index is 1.36. The molecule has 35 heavy (non-hydrogen) atoms. The van der Waals surface area contributed by atoms with Crippen molar-refractivity contribution >= 4 is 18.0 Å². The Morgan fingerprint density at radius 1 is 0.829 bits per heavy atom. The van der Waals surface area contributed by atoms with Crippen LogP contribution in [0, 0.1) is 0 Å². The molecule has 0 amide bonds. The second-order valence-corrected chi connectivity index (χ2v) is 10.4. The standard InChI is InChI=1S/C31H32O4/c1-30(2)18-19-31(3,4)27-20-22(10-16-26(27)30)11-17-28(32)35-25-14-12-24(13-15-25)29(33)34-21-23-8-6-5-7-9-23/h5-17,20H,18-19,21H2,1-4H3/b17-11+. The van der Waals surface area contributed by atoms with Gasteiger partial charge in [0.1, 0.15) is 12.4 Å². The van der Waals surface area contributed by atoms with Gasteiger partial charge in [-0.15, -0.1) is 0 Å². The third-order valence-electron chi connectivity index (χ3n) is 6.81. The summed E-state index contributed by atoms with van der Waals surface area (Å²) in [5, 5.41) is 0. The van der Waals surface area contributed by atoms with Gasteiger partial charge in [-0.1, -0.05) is 76.2 Å². The van der Waals surface area contributed by atoms with E-state index in [2.05, 4.69) is 45.9 Å². The van der Waals surface area contributed by atoms with Crippen molar-refractivity contribution in [1.82, 2.24) is 0 Å². The fraction of sp³-hybridized carbons (Fsp3) is 0.290. The molecule has 0 spiro atoms. The minimum absolute atomic E-state index is 0.110. The molecule has 1 aliphatic rings. The summed E-state index contributed by atoms with van der Waals surface area (Å²) in [4.78, 5) is 24.6. The van der Waals surface area contributed by atoms with Crippen LogP contribution in [0.1, 0.15) is 73.1 Å². The molecule has 0 N–H and O–H groups in total. The molecule has 0 bridgehead atoms. The quantitative estimate of drug-likeness (QED) is 0.222. The molecular weight excluding hydrogens is 436 g/mol. The molecule has 3 aromatic rings. The summed E-state index contributed by atoms with van der Waals surface area (Å²) in [6.45, 7) is 9.36. The van der Waals surface area contributed by atoms with Gasteiger partial charge in [0.05, 0.1) is 5.56 Å². The van der Waals surface area contributed by atoms with Gasteiger partial charge < -0.3 is 9.47 Å². The molecule has 0 saturated carbocycles.